The van der Waals surface area contributed by atoms with Crippen LogP contribution in [0.5, 0.6) is 0 Å². The topological polar surface area (TPSA) is 71.1 Å². The highest BCUT2D eigenvalue weighted by Gasteiger charge is 2.74. The maximum absolute atomic E-state index is 13.7. The Morgan fingerprint density at radius 2 is 1.17 bits per heavy atom. The maximum Gasteiger partial charge on any atom is 0.500 e. The van der Waals surface area contributed by atoms with Crippen molar-refractivity contribution in [3.8, 4) is 0 Å². The fourth-order valence-corrected chi connectivity index (χ4v) is 5.05. The lowest BCUT2D eigenvalue weighted by Gasteiger charge is -2.32. The van der Waals surface area contributed by atoms with Crippen LogP contribution in [0.1, 0.15) is 33.6 Å². The van der Waals surface area contributed by atoms with E-state index in [1.54, 1.807) is 0 Å². The van der Waals surface area contributed by atoms with Crippen LogP contribution in [0, 0.1) is 0 Å². The van der Waals surface area contributed by atoms with Crippen molar-refractivity contribution in [1.29, 1.82) is 0 Å². The SMILES string of the molecule is CCO[Si](CCCC(F)(F)C(F)(F)OC(F)(F)C(F)(F)S(=O)(=O)F)(OCC)OCC. The van der Waals surface area contributed by atoms with Crippen molar-refractivity contribution < 1.29 is 65.4 Å². The molecule has 0 rings (SSSR count). The van der Waals surface area contributed by atoms with E-state index in [2.05, 4.69) is 4.74 Å². The van der Waals surface area contributed by atoms with Crippen LogP contribution >= 0.6 is 0 Å². The van der Waals surface area contributed by atoms with Crippen molar-refractivity contribution in [1.82, 2.24) is 0 Å². The Morgan fingerprint density at radius 3 is 1.50 bits per heavy atom. The predicted molar refractivity (Wildman–Crippen MR) is 85.6 cm³/mol. The molecular weight excluding hydrogens is 483 g/mol. The highest BCUT2D eigenvalue weighted by molar-refractivity contribution is 7.87. The van der Waals surface area contributed by atoms with Crippen LogP contribution in [0.25, 0.3) is 0 Å². The smallest absolute Gasteiger partial charge is 0.374 e. The van der Waals surface area contributed by atoms with Gasteiger partial charge in [0.15, 0.2) is 0 Å². The fraction of sp³-hybridized carbons (Fsp3) is 1.00. The zero-order chi connectivity index (χ0) is 24.1. The molecule has 0 saturated carbocycles. The summed E-state index contributed by atoms with van der Waals surface area (Å²) in [5, 5.41) is -6.83. The fourth-order valence-electron chi connectivity index (χ4n) is 2.11. The van der Waals surface area contributed by atoms with E-state index in [-0.39, 0.29) is 19.8 Å². The monoisotopic (exact) mass is 504 g/mol. The van der Waals surface area contributed by atoms with Gasteiger partial charge in [-0.05, 0) is 27.2 Å². The molecule has 17 heteroatoms. The minimum atomic E-state index is -7.46. The Morgan fingerprint density at radius 1 is 0.767 bits per heavy atom. The highest BCUT2D eigenvalue weighted by atomic mass is 32.3. The summed E-state index contributed by atoms with van der Waals surface area (Å²) in [7, 11) is -11.0. The zero-order valence-electron chi connectivity index (χ0n) is 16.0. The average Bonchev–Trinajstić information content (AvgIpc) is 2.53. The molecule has 0 unspecified atom stereocenters. The second-order valence-electron chi connectivity index (χ2n) is 5.63. The first-order valence-corrected chi connectivity index (χ1v) is 11.7. The Bertz CT molecular complexity index is 630. The minimum absolute atomic E-state index is 0.0148. The highest BCUT2D eigenvalue weighted by Crippen LogP contribution is 2.48. The predicted octanol–water partition coefficient (Wildman–Crippen LogP) is 4.54. The van der Waals surface area contributed by atoms with E-state index in [9.17, 15) is 47.4 Å². The standard InChI is InChI=1S/C13H21F9O6SSi/c1-4-25-30(26-5-2,27-6-3)9-7-8-10(14,15)11(16,17)28-12(18,19)13(20,21)29(22,23)24/h4-9H2,1-3H3. The molecule has 0 aliphatic heterocycles. The van der Waals surface area contributed by atoms with E-state index < -0.39 is 61.3 Å². The quantitative estimate of drug-likeness (QED) is 0.185. The Hall–Kier alpha value is -0.623. The van der Waals surface area contributed by atoms with E-state index in [1.807, 2.05) is 0 Å². The normalized spacial score (nSPS) is 14.9. The molecule has 0 atom stereocenters. The number of rotatable bonds is 15. The van der Waals surface area contributed by atoms with Gasteiger partial charge in [0.1, 0.15) is 0 Å². The van der Waals surface area contributed by atoms with Crippen molar-refractivity contribution in [2.24, 2.45) is 0 Å². The first kappa shape index (κ1) is 29.4. The van der Waals surface area contributed by atoms with Crippen LogP contribution in [0.2, 0.25) is 6.04 Å². The molecule has 182 valence electrons. The van der Waals surface area contributed by atoms with E-state index in [4.69, 9.17) is 13.3 Å². The molecule has 0 fully saturated rings. The largest absolute Gasteiger partial charge is 0.500 e. The molecule has 0 amide bonds. The summed E-state index contributed by atoms with van der Waals surface area (Å²) in [5.41, 5.74) is 0. The molecule has 0 N–H and O–H groups in total. The summed E-state index contributed by atoms with van der Waals surface area (Å²) >= 11 is 0. The second kappa shape index (κ2) is 10.3. The lowest BCUT2D eigenvalue weighted by atomic mass is 10.2. The molecular formula is C13H21F9O6SSi. The van der Waals surface area contributed by atoms with Gasteiger partial charge in [-0.15, -0.1) is 0 Å². The van der Waals surface area contributed by atoms with Crippen molar-refractivity contribution in [3.63, 3.8) is 0 Å². The van der Waals surface area contributed by atoms with Gasteiger partial charge in [0, 0.05) is 32.3 Å². The molecule has 0 radical (unpaired) electrons. The number of hydrogen-bond donors (Lipinski definition) is 0. The van der Waals surface area contributed by atoms with Gasteiger partial charge in [-0.3, -0.25) is 0 Å². The zero-order valence-corrected chi connectivity index (χ0v) is 17.8. The lowest BCUT2D eigenvalue weighted by molar-refractivity contribution is -0.456. The third-order valence-electron chi connectivity index (χ3n) is 3.39. The summed E-state index contributed by atoms with van der Waals surface area (Å²) < 4.78 is 157. The molecule has 6 nitrogen and oxygen atoms in total. The summed E-state index contributed by atoms with van der Waals surface area (Å²) in [6.45, 7) is 4.58. The number of hydrogen-bond acceptors (Lipinski definition) is 6. The Balaban J connectivity index is 5.42. The molecule has 0 heterocycles. The van der Waals surface area contributed by atoms with Crippen molar-refractivity contribution in [2.45, 2.75) is 63.1 Å². The number of alkyl halides is 8. The van der Waals surface area contributed by atoms with Crippen molar-refractivity contribution in [3.05, 3.63) is 0 Å². The first-order valence-electron chi connectivity index (χ1n) is 8.42. The Labute approximate surface area is 168 Å². The molecule has 0 aliphatic rings. The van der Waals surface area contributed by atoms with Gasteiger partial charge in [-0.1, -0.05) is 3.89 Å². The second-order valence-corrected chi connectivity index (χ2v) is 9.75. The van der Waals surface area contributed by atoms with Crippen LogP contribution in [0.15, 0.2) is 0 Å². The average molecular weight is 504 g/mol. The minimum Gasteiger partial charge on any atom is -0.374 e. The third-order valence-corrected chi connectivity index (χ3v) is 7.40. The number of halogens is 9. The van der Waals surface area contributed by atoms with E-state index in [1.165, 1.54) is 20.8 Å². The molecule has 0 saturated heterocycles. The van der Waals surface area contributed by atoms with Gasteiger partial charge < -0.3 is 13.3 Å². The van der Waals surface area contributed by atoms with E-state index in [0.29, 0.717) is 0 Å². The molecule has 0 bridgehead atoms. The Kier molecular flexibility index (Phi) is 10.1. The van der Waals surface area contributed by atoms with Crippen molar-refractivity contribution >= 4 is 19.0 Å². The summed E-state index contributed by atoms with van der Waals surface area (Å²) in [6, 6.07) is -0.459. The summed E-state index contributed by atoms with van der Waals surface area (Å²) in [4.78, 5) is 0. The number of ether oxygens (including phenoxy) is 1. The van der Waals surface area contributed by atoms with Gasteiger partial charge in [0.05, 0.1) is 0 Å². The van der Waals surface area contributed by atoms with Crippen LogP contribution < -0.4 is 0 Å². The molecule has 30 heavy (non-hydrogen) atoms. The molecule has 0 aliphatic carbocycles. The van der Waals surface area contributed by atoms with Gasteiger partial charge in [0.25, 0.3) is 0 Å². The first-order chi connectivity index (χ1) is 13.3. The van der Waals surface area contributed by atoms with E-state index in [0.717, 1.165) is 0 Å². The van der Waals surface area contributed by atoms with Gasteiger partial charge >= 0.3 is 42.4 Å². The van der Waals surface area contributed by atoms with Gasteiger partial charge in [0.2, 0.25) is 0 Å². The van der Waals surface area contributed by atoms with Crippen LogP contribution in [0.3, 0.4) is 0 Å². The van der Waals surface area contributed by atoms with E-state index >= 15 is 0 Å². The van der Waals surface area contributed by atoms with Gasteiger partial charge in [-0.2, -0.15) is 43.5 Å². The molecule has 0 aromatic rings. The van der Waals surface area contributed by atoms with Crippen LogP contribution in [-0.2, 0) is 28.2 Å². The summed E-state index contributed by atoms with van der Waals surface area (Å²) in [6.07, 6.45) is -15.8. The molecule has 0 aromatic heterocycles. The molecule has 0 spiro atoms. The van der Waals surface area contributed by atoms with Crippen LogP contribution in [0.4, 0.5) is 39.0 Å². The van der Waals surface area contributed by atoms with Gasteiger partial charge in [-0.25, -0.2) is 4.74 Å². The molecule has 0 aromatic carbocycles. The maximum atomic E-state index is 13.7. The van der Waals surface area contributed by atoms with Crippen LogP contribution in [-0.4, -0.2) is 60.4 Å². The van der Waals surface area contributed by atoms with Crippen molar-refractivity contribution in [2.75, 3.05) is 19.8 Å². The third kappa shape index (κ3) is 6.94. The summed E-state index contributed by atoms with van der Waals surface area (Å²) in [5.74, 6) is -5.47. The lowest BCUT2D eigenvalue weighted by Crippen LogP contribution is -2.55.